The molecule has 0 aliphatic rings. The van der Waals surface area contributed by atoms with Crippen molar-refractivity contribution in [2.75, 3.05) is 0 Å². The molecule has 0 aromatic rings. The van der Waals surface area contributed by atoms with Crippen LogP contribution in [0, 0.1) is 0 Å². The summed E-state index contributed by atoms with van der Waals surface area (Å²) in [7, 11) is -3.77. The van der Waals surface area contributed by atoms with E-state index in [4.69, 9.17) is 11.6 Å². The lowest BCUT2D eigenvalue weighted by Gasteiger charge is -2.16. The molecule has 0 heterocycles. The Bertz CT molecular complexity index is 309. The molecule has 0 bridgehead atoms. The third-order valence-electron chi connectivity index (χ3n) is 1.92. The maximum absolute atomic E-state index is 11.4. The van der Waals surface area contributed by atoms with Gasteiger partial charge < -0.3 is 0 Å². The Hall–Kier alpha value is -0.380. The zero-order chi connectivity index (χ0) is 11.2. The van der Waals surface area contributed by atoms with Crippen LogP contribution in [0.5, 0.6) is 0 Å². The maximum atomic E-state index is 11.4. The standard InChI is InChI=1S/C8H14ClNO3S/c1-3-5-7(9)8(4-2)14(12,13)10-6-11/h7-8H,3-5H2,1-2H3. The molecule has 0 radical (unpaired) electrons. The van der Waals surface area contributed by atoms with E-state index in [1.54, 1.807) is 6.92 Å². The van der Waals surface area contributed by atoms with Gasteiger partial charge in [-0.1, -0.05) is 24.7 Å². The van der Waals surface area contributed by atoms with Gasteiger partial charge in [0.15, 0.2) is 0 Å². The SMILES string of the molecule is CCCC(Cl)C(CC)S(=O)(=O)N=C=O. The summed E-state index contributed by atoms with van der Waals surface area (Å²) < 4.78 is 25.5. The molecule has 2 atom stereocenters. The summed E-state index contributed by atoms with van der Waals surface area (Å²) in [4.78, 5) is 9.91. The summed E-state index contributed by atoms with van der Waals surface area (Å²) in [5.74, 6) is 0. The molecule has 0 saturated carbocycles. The van der Waals surface area contributed by atoms with E-state index < -0.39 is 20.7 Å². The van der Waals surface area contributed by atoms with Gasteiger partial charge in [-0.15, -0.1) is 11.6 Å². The lowest BCUT2D eigenvalue weighted by atomic mass is 10.1. The maximum Gasteiger partial charge on any atom is 0.267 e. The molecule has 0 fully saturated rings. The van der Waals surface area contributed by atoms with E-state index in [0.29, 0.717) is 12.8 Å². The minimum atomic E-state index is -3.77. The van der Waals surface area contributed by atoms with E-state index in [9.17, 15) is 13.2 Å². The Balaban J connectivity index is 4.80. The Kier molecular flexibility index (Phi) is 6.00. The van der Waals surface area contributed by atoms with Crippen molar-refractivity contribution >= 4 is 27.7 Å². The second-order valence-electron chi connectivity index (χ2n) is 2.95. The zero-order valence-corrected chi connectivity index (χ0v) is 9.81. The van der Waals surface area contributed by atoms with Crippen LogP contribution in [0.4, 0.5) is 0 Å². The van der Waals surface area contributed by atoms with Crippen LogP contribution >= 0.6 is 11.6 Å². The number of alkyl halides is 1. The van der Waals surface area contributed by atoms with Gasteiger partial charge in [-0.2, -0.15) is 0 Å². The predicted molar refractivity (Wildman–Crippen MR) is 55.7 cm³/mol. The van der Waals surface area contributed by atoms with Crippen molar-refractivity contribution in [2.45, 2.75) is 43.7 Å². The average Bonchev–Trinajstić information content (AvgIpc) is 2.04. The van der Waals surface area contributed by atoms with Crippen LogP contribution in [-0.2, 0) is 14.8 Å². The number of sulfonamides is 1. The fourth-order valence-corrected chi connectivity index (χ4v) is 3.19. The molecule has 14 heavy (non-hydrogen) atoms. The van der Waals surface area contributed by atoms with Gasteiger partial charge in [-0.25, -0.2) is 13.2 Å². The van der Waals surface area contributed by atoms with Crippen LogP contribution in [0.1, 0.15) is 33.1 Å². The number of halogens is 1. The van der Waals surface area contributed by atoms with Crippen molar-refractivity contribution in [3.8, 4) is 0 Å². The van der Waals surface area contributed by atoms with Crippen LogP contribution in [-0.4, -0.2) is 25.1 Å². The second-order valence-corrected chi connectivity index (χ2v) is 5.33. The van der Waals surface area contributed by atoms with E-state index in [0.717, 1.165) is 12.5 Å². The summed E-state index contributed by atoms with van der Waals surface area (Å²) in [6, 6.07) is 0. The summed E-state index contributed by atoms with van der Waals surface area (Å²) in [6.45, 7) is 3.62. The Morgan fingerprint density at radius 2 is 2.00 bits per heavy atom. The monoisotopic (exact) mass is 239 g/mol. The Morgan fingerprint density at radius 1 is 1.43 bits per heavy atom. The molecule has 0 aliphatic carbocycles. The second kappa shape index (κ2) is 6.17. The number of nitrogens with zero attached hydrogens (tertiary/aromatic N) is 1. The van der Waals surface area contributed by atoms with Gasteiger partial charge >= 0.3 is 0 Å². The van der Waals surface area contributed by atoms with E-state index in [-0.39, 0.29) is 0 Å². The molecule has 0 aromatic heterocycles. The van der Waals surface area contributed by atoms with Crippen molar-refractivity contribution in [3.63, 3.8) is 0 Å². The summed E-state index contributed by atoms with van der Waals surface area (Å²) >= 11 is 5.90. The molecular formula is C8H14ClNO3S. The molecule has 2 unspecified atom stereocenters. The quantitative estimate of drug-likeness (QED) is 0.404. The molecular weight excluding hydrogens is 226 g/mol. The van der Waals surface area contributed by atoms with Gasteiger partial charge in [0.2, 0.25) is 0 Å². The van der Waals surface area contributed by atoms with E-state index >= 15 is 0 Å². The molecule has 0 spiro atoms. The molecule has 0 N–H and O–H groups in total. The number of hydrogen-bond donors (Lipinski definition) is 0. The van der Waals surface area contributed by atoms with Crippen molar-refractivity contribution in [2.24, 2.45) is 4.40 Å². The van der Waals surface area contributed by atoms with Gasteiger partial charge in [0.25, 0.3) is 16.1 Å². The van der Waals surface area contributed by atoms with Gasteiger partial charge in [0.1, 0.15) is 0 Å². The molecule has 0 rings (SSSR count). The van der Waals surface area contributed by atoms with Crippen molar-refractivity contribution in [1.29, 1.82) is 0 Å². The van der Waals surface area contributed by atoms with Gasteiger partial charge in [-0.3, -0.25) is 0 Å². The highest BCUT2D eigenvalue weighted by Crippen LogP contribution is 2.21. The highest BCUT2D eigenvalue weighted by atomic mass is 35.5. The lowest BCUT2D eigenvalue weighted by Crippen LogP contribution is -2.28. The molecule has 0 saturated heterocycles. The zero-order valence-electron chi connectivity index (χ0n) is 8.23. The summed E-state index contributed by atoms with van der Waals surface area (Å²) in [5, 5.41) is -1.28. The summed E-state index contributed by atoms with van der Waals surface area (Å²) in [6.07, 6.45) is 2.78. The number of hydrogen-bond acceptors (Lipinski definition) is 3. The van der Waals surface area contributed by atoms with Crippen molar-refractivity contribution < 1.29 is 13.2 Å². The minimum Gasteiger partial charge on any atom is -0.210 e. The first-order valence-electron chi connectivity index (χ1n) is 4.46. The fraction of sp³-hybridized carbons (Fsp3) is 0.875. The first-order chi connectivity index (χ1) is 6.49. The number of rotatable bonds is 6. The highest BCUT2D eigenvalue weighted by Gasteiger charge is 2.30. The highest BCUT2D eigenvalue weighted by molar-refractivity contribution is 7.90. The largest absolute Gasteiger partial charge is 0.267 e. The number of carbonyl (C=O) groups excluding carboxylic acids is 1. The van der Waals surface area contributed by atoms with E-state index in [1.165, 1.54) is 0 Å². The first kappa shape index (κ1) is 13.6. The van der Waals surface area contributed by atoms with Crippen LogP contribution in [0.25, 0.3) is 0 Å². The average molecular weight is 240 g/mol. The van der Waals surface area contributed by atoms with E-state index in [1.807, 2.05) is 6.92 Å². The molecule has 0 amide bonds. The summed E-state index contributed by atoms with van der Waals surface area (Å²) in [5.41, 5.74) is 0. The third-order valence-corrected chi connectivity index (χ3v) is 4.35. The molecule has 82 valence electrons. The van der Waals surface area contributed by atoms with Crippen LogP contribution < -0.4 is 0 Å². The van der Waals surface area contributed by atoms with Crippen LogP contribution in [0.15, 0.2) is 4.40 Å². The van der Waals surface area contributed by atoms with Crippen molar-refractivity contribution in [3.05, 3.63) is 0 Å². The normalized spacial score (nSPS) is 15.6. The van der Waals surface area contributed by atoms with Gasteiger partial charge in [0.05, 0.1) is 10.6 Å². The Morgan fingerprint density at radius 3 is 2.36 bits per heavy atom. The predicted octanol–water partition coefficient (Wildman–Crippen LogP) is 1.84. The number of isocyanates is 1. The van der Waals surface area contributed by atoms with Crippen molar-refractivity contribution in [1.82, 2.24) is 0 Å². The Labute approximate surface area is 89.4 Å². The van der Waals surface area contributed by atoms with Gasteiger partial charge in [0, 0.05) is 0 Å². The third kappa shape index (κ3) is 3.78. The first-order valence-corrected chi connectivity index (χ1v) is 6.40. The van der Waals surface area contributed by atoms with Crippen LogP contribution in [0.3, 0.4) is 0 Å². The van der Waals surface area contributed by atoms with Gasteiger partial charge in [-0.05, 0) is 12.8 Å². The molecule has 0 aliphatic heterocycles. The molecule has 6 heteroatoms. The topological polar surface area (TPSA) is 63.6 Å². The lowest BCUT2D eigenvalue weighted by molar-refractivity contribution is 0.554. The molecule has 0 aromatic carbocycles. The van der Waals surface area contributed by atoms with Crippen LogP contribution in [0.2, 0.25) is 0 Å². The fourth-order valence-electron chi connectivity index (χ4n) is 1.23. The molecule has 4 nitrogen and oxygen atoms in total. The smallest absolute Gasteiger partial charge is 0.210 e. The van der Waals surface area contributed by atoms with E-state index in [2.05, 4.69) is 4.40 Å². The minimum absolute atomic E-state index is 0.349.